The third kappa shape index (κ3) is 5.48. The molecule has 1 nitrogen and oxygen atoms in total. The Hall–Kier alpha value is 0.177. The van der Waals surface area contributed by atoms with Gasteiger partial charge in [-0.25, -0.2) is 0 Å². The molecule has 0 fully saturated rings. The Kier molecular flexibility index (Phi) is 8.88. The van der Waals surface area contributed by atoms with E-state index in [4.69, 9.17) is 0 Å². The zero-order valence-corrected chi connectivity index (χ0v) is 11.1. The zero-order chi connectivity index (χ0) is 10.1. The summed E-state index contributed by atoms with van der Waals surface area (Å²) in [6, 6.07) is 3.05. The van der Waals surface area contributed by atoms with Gasteiger partial charge in [0.05, 0.1) is 0 Å². The Morgan fingerprint density at radius 1 is 0.846 bits per heavy atom. The maximum atomic E-state index is 2.75. The molecule has 0 saturated carbocycles. The predicted octanol–water partition coefficient (Wildman–Crippen LogP) is 3.26. The minimum Gasteiger partial charge on any atom is -0.327 e. The molecule has 0 aliphatic carbocycles. The summed E-state index contributed by atoms with van der Waals surface area (Å²) in [5, 5.41) is 0. The molecule has 0 radical (unpaired) electrons. The van der Waals surface area contributed by atoms with Gasteiger partial charge in [-0.15, -0.1) is 0 Å². The minimum atomic E-state index is -0.533. The third-order valence-corrected chi connectivity index (χ3v) is 6.92. The fourth-order valence-electron chi connectivity index (χ4n) is 2.02. The van der Waals surface area contributed by atoms with E-state index in [0.717, 1.165) is 0 Å². The standard InChI is InChI=1S/C11H27NSi/c1-5-9-11-13(10-6-2)12(7-3)8-4/h13H,5-11H2,1-4H3. The molecule has 2 heteroatoms. The second-order valence-corrected chi connectivity index (χ2v) is 7.00. The largest absolute Gasteiger partial charge is 0.327 e. The van der Waals surface area contributed by atoms with Gasteiger partial charge < -0.3 is 4.57 Å². The van der Waals surface area contributed by atoms with Crippen molar-refractivity contribution in [3.63, 3.8) is 0 Å². The van der Waals surface area contributed by atoms with Crippen molar-refractivity contribution in [2.45, 2.75) is 59.0 Å². The summed E-state index contributed by atoms with van der Waals surface area (Å²) in [5.41, 5.74) is 0. The highest BCUT2D eigenvalue weighted by Crippen LogP contribution is 2.12. The molecular formula is C11H27NSi. The highest BCUT2D eigenvalue weighted by atomic mass is 28.3. The number of unbranched alkanes of at least 4 members (excludes halogenated alkanes) is 1. The van der Waals surface area contributed by atoms with Crippen LogP contribution in [0.15, 0.2) is 0 Å². The fourth-order valence-corrected chi connectivity index (χ4v) is 5.62. The molecule has 0 bridgehead atoms. The summed E-state index contributed by atoms with van der Waals surface area (Å²) in [6.45, 7) is 11.8. The maximum Gasteiger partial charge on any atom is 0.111 e. The van der Waals surface area contributed by atoms with Gasteiger partial charge in [-0.1, -0.05) is 47.0 Å². The van der Waals surface area contributed by atoms with Crippen molar-refractivity contribution in [3.05, 3.63) is 0 Å². The van der Waals surface area contributed by atoms with Gasteiger partial charge in [0.1, 0.15) is 8.96 Å². The van der Waals surface area contributed by atoms with Crippen molar-refractivity contribution in [2.24, 2.45) is 0 Å². The van der Waals surface area contributed by atoms with Gasteiger partial charge in [0, 0.05) is 0 Å². The molecule has 13 heavy (non-hydrogen) atoms. The highest BCUT2D eigenvalue weighted by molar-refractivity contribution is 6.55. The Balaban J connectivity index is 3.88. The molecule has 0 aliphatic heterocycles. The zero-order valence-electron chi connectivity index (χ0n) is 9.97. The molecule has 0 spiro atoms. The molecule has 0 heterocycles. The molecule has 0 aliphatic rings. The number of hydrogen-bond acceptors (Lipinski definition) is 1. The summed E-state index contributed by atoms with van der Waals surface area (Å²) in [6.07, 6.45) is 4.21. The van der Waals surface area contributed by atoms with Crippen LogP contribution >= 0.6 is 0 Å². The highest BCUT2D eigenvalue weighted by Gasteiger charge is 2.15. The smallest absolute Gasteiger partial charge is 0.111 e. The minimum absolute atomic E-state index is 0.533. The van der Waals surface area contributed by atoms with Crippen LogP contribution in [0.5, 0.6) is 0 Å². The number of rotatable bonds is 8. The lowest BCUT2D eigenvalue weighted by molar-refractivity contribution is 0.472. The first-order chi connectivity index (χ1) is 6.29. The van der Waals surface area contributed by atoms with Crippen molar-refractivity contribution >= 4 is 8.96 Å². The van der Waals surface area contributed by atoms with E-state index >= 15 is 0 Å². The second kappa shape index (κ2) is 8.76. The first-order valence-electron chi connectivity index (χ1n) is 6.04. The molecule has 1 unspecified atom stereocenters. The van der Waals surface area contributed by atoms with Crippen LogP contribution in [0.2, 0.25) is 12.1 Å². The second-order valence-electron chi connectivity index (χ2n) is 3.81. The lowest BCUT2D eigenvalue weighted by Crippen LogP contribution is -2.38. The topological polar surface area (TPSA) is 3.24 Å². The van der Waals surface area contributed by atoms with Gasteiger partial charge >= 0.3 is 0 Å². The van der Waals surface area contributed by atoms with E-state index in [2.05, 4.69) is 32.3 Å². The average Bonchev–Trinajstić information content (AvgIpc) is 2.16. The number of hydrogen-bond donors (Lipinski definition) is 0. The molecule has 0 aromatic carbocycles. The van der Waals surface area contributed by atoms with Gasteiger partial charge in [0.2, 0.25) is 0 Å². The lowest BCUT2D eigenvalue weighted by atomic mass is 10.4. The summed E-state index contributed by atoms with van der Waals surface area (Å²) < 4.78 is 2.75. The van der Waals surface area contributed by atoms with Gasteiger partial charge in [-0.3, -0.25) is 0 Å². The van der Waals surface area contributed by atoms with E-state index in [0.29, 0.717) is 0 Å². The van der Waals surface area contributed by atoms with Gasteiger partial charge in [0.25, 0.3) is 0 Å². The third-order valence-electron chi connectivity index (χ3n) is 2.84. The van der Waals surface area contributed by atoms with Crippen LogP contribution in [0, 0.1) is 0 Å². The van der Waals surface area contributed by atoms with Gasteiger partial charge in [-0.2, -0.15) is 0 Å². The van der Waals surface area contributed by atoms with E-state index in [-0.39, 0.29) is 0 Å². The van der Waals surface area contributed by atoms with Crippen LogP contribution in [0.25, 0.3) is 0 Å². The SMILES string of the molecule is CCCC[SiH](CCC)N(CC)CC. The van der Waals surface area contributed by atoms with Crippen molar-refractivity contribution < 1.29 is 0 Å². The Morgan fingerprint density at radius 3 is 1.85 bits per heavy atom. The maximum absolute atomic E-state index is 2.75. The summed E-state index contributed by atoms with van der Waals surface area (Å²) in [7, 11) is -0.533. The van der Waals surface area contributed by atoms with Crippen molar-refractivity contribution in [1.29, 1.82) is 0 Å². The molecule has 0 rings (SSSR count). The van der Waals surface area contributed by atoms with E-state index in [1.54, 1.807) is 0 Å². The van der Waals surface area contributed by atoms with Crippen LogP contribution in [0.1, 0.15) is 47.0 Å². The van der Waals surface area contributed by atoms with Gasteiger partial charge in [-0.05, 0) is 25.2 Å². The van der Waals surface area contributed by atoms with E-state index in [9.17, 15) is 0 Å². The Bertz CT molecular complexity index is 102. The summed E-state index contributed by atoms with van der Waals surface area (Å²) in [5.74, 6) is 0. The van der Waals surface area contributed by atoms with E-state index < -0.39 is 8.96 Å². The molecule has 0 saturated heterocycles. The first kappa shape index (κ1) is 13.2. The lowest BCUT2D eigenvalue weighted by Gasteiger charge is -2.28. The fraction of sp³-hybridized carbons (Fsp3) is 1.00. The van der Waals surface area contributed by atoms with Crippen molar-refractivity contribution in [3.8, 4) is 0 Å². The quantitative estimate of drug-likeness (QED) is 0.545. The first-order valence-corrected chi connectivity index (χ1v) is 8.18. The van der Waals surface area contributed by atoms with Crippen LogP contribution < -0.4 is 0 Å². The Morgan fingerprint density at radius 2 is 1.46 bits per heavy atom. The van der Waals surface area contributed by atoms with Crippen molar-refractivity contribution in [1.82, 2.24) is 4.57 Å². The van der Waals surface area contributed by atoms with E-state index in [1.807, 2.05) is 0 Å². The number of nitrogens with zero attached hydrogens (tertiary/aromatic N) is 1. The van der Waals surface area contributed by atoms with Crippen molar-refractivity contribution in [2.75, 3.05) is 13.1 Å². The molecule has 0 N–H and O–H groups in total. The van der Waals surface area contributed by atoms with E-state index in [1.165, 1.54) is 44.4 Å². The molecular weight excluding hydrogens is 174 g/mol. The van der Waals surface area contributed by atoms with Crippen LogP contribution in [0.4, 0.5) is 0 Å². The van der Waals surface area contributed by atoms with Gasteiger partial charge in [0.15, 0.2) is 0 Å². The molecule has 0 amide bonds. The molecule has 0 aromatic rings. The normalized spacial score (nSPS) is 13.6. The molecule has 1 atom stereocenters. The van der Waals surface area contributed by atoms with Crippen LogP contribution in [-0.4, -0.2) is 26.6 Å². The summed E-state index contributed by atoms with van der Waals surface area (Å²) >= 11 is 0. The monoisotopic (exact) mass is 201 g/mol. The Labute approximate surface area is 86.2 Å². The van der Waals surface area contributed by atoms with Crippen LogP contribution in [0.3, 0.4) is 0 Å². The predicted molar refractivity (Wildman–Crippen MR) is 64.9 cm³/mol. The molecule has 80 valence electrons. The average molecular weight is 201 g/mol. The summed E-state index contributed by atoms with van der Waals surface area (Å²) in [4.78, 5) is 0. The molecule has 0 aromatic heterocycles. The van der Waals surface area contributed by atoms with Crippen LogP contribution in [-0.2, 0) is 0 Å².